The van der Waals surface area contributed by atoms with Crippen molar-refractivity contribution in [1.82, 2.24) is 4.31 Å². The van der Waals surface area contributed by atoms with Crippen LogP contribution in [0.1, 0.15) is 29.5 Å². The van der Waals surface area contributed by atoms with Crippen LogP contribution in [-0.4, -0.2) is 25.2 Å². The summed E-state index contributed by atoms with van der Waals surface area (Å²) in [6, 6.07) is 24.3. The molecule has 0 saturated heterocycles. The molecule has 0 spiro atoms. The Morgan fingerprint density at radius 3 is 2.20 bits per heavy atom. The van der Waals surface area contributed by atoms with Gasteiger partial charge in [-0.2, -0.15) is 4.31 Å². The summed E-state index contributed by atoms with van der Waals surface area (Å²) in [4.78, 5) is 12.2. The Labute approximate surface area is 177 Å². The van der Waals surface area contributed by atoms with Crippen molar-refractivity contribution >= 4 is 21.6 Å². The molecule has 1 aliphatic heterocycles. The van der Waals surface area contributed by atoms with Gasteiger partial charge in [0.05, 0.1) is 10.8 Å². The van der Waals surface area contributed by atoms with Crippen LogP contribution in [0.3, 0.4) is 0 Å². The molecular weight excluding hydrogens is 396 g/mol. The van der Waals surface area contributed by atoms with Gasteiger partial charge in [0, 0.05) is 18.8 Å². The van der Waals surface area contributed by atoms with Gasteiger partial charge in [-0.25, -0.2) is 8.42 Å². The summed E-state index contributed by atoms with van der Waals surface area (Å²) in [5, 5.41) is 2.79. The average molecular weight is 421 g/mol. The van der Waals surface area contributed by atoms with E-state index in [1.807, 2.05) is 60.7 Å². The Kier molecular flexibility index (Phi) is 5.70. The molecule has 3 aromatic carbocycles. The number of carbonyl (C=O) groups excluding carboxylic acids is 1. The van der Waals surface area contributed by atoms with Crippen LogP contribution in [0.15, 0.2) is 83.8 Å². The average Bonchev–Trinajstić information content (AvgIpc) is 3.05. The van der Waals surface area contributed by atoms with Crippen molar-refractivity contribution in [2.45, 2.75) is 30.7 Å². The molecule has 1 N–H and O–H groups in total. The molecule has 3 aromatic rings. The van der Waals surface area contributed by atoms with Gasteiger partial charge in [-0.1, -0.05) is 60.7 Å². The third-order valence-electron chi connectivity index (χ3n) is 5.47. The van der Waals surface area contributed by atoms with Crippen LogP contribution < -0.4 is 5.32 Å². The highest BCUT2D eigenvalue weighted by Crippen LogP contribution is 2.34. The number of rotatable bonds is 7. The normalized spacial score (nSPS) is 15.8. The predicted molar refractivity (Wildman–Crippen MR) is 118 cm³/mol. The summed E-state index contributed by atoms with van der Waals surface area (Å²) < 4.78 is 28.7. The predicted octanol–water partition coefficient (Wildman–Crippen LogP) is 4.18. The molecule has 0 fully saturated rings. The Bertz CT molecular complexity index is 1150. The monoisotopic (exact) mass is 420 g/mol. The maximum Gasteiger partial charge on any atom is 0.243 e. The maximum absolute atomic E-state index is 13.6. The molecule has 154 valence electrons. The van der Waals surface area contributed by atoms with Crippen LogP contribution in [0.4, 0.5) is 5.69 Å². The molecule has 6 heteroatoms. The molecule has 0 saturated carbocycles. The van der Waals surface area contributed by atoms with Crippen molar-refractivity contribution in [2.75, 3.05) is 11.9 Å². The van der Waals surface area contributed by atoms with E-state index in [1.54, 1.807) is 25.1 Å². The fraction of sp³-hybridized carbons (Fsp3) is 0.208. The minimum Gasteiger partial charge on any atom is -0.325 e. The summed E-state index contributed by atoms with van der Waals surface area (Å²) in [6.45, 7) is 2.44. The first-order valence-electron chi connectivity index (χ1n) is 9.98. The van der Waals surface area contributed by atoms with Gasteiger partial charge in [-0.3, -0.25) is 4.79 Å². The second kappa shape index (κ2) is 8.42. The van der Waals surface area contributed by atoms with E-state index >= 15 is 0 Å². The van der Waals surface area contributed by atoms with E-state index in [9.17, 15) is 13.2 Å². The van der Waals surface area contributed by atoms with Crippen molar-refractivity contribution in [3.8, 4) is 0 Å². The molecule has 5 nitrogen and oxygen atoms in total. The Hall–Kier alpha value is -2.96. The number of benzene rings is 3. The summed E-state index contributed by atoms with van der Waals surface area (Å²) in [7, 11) is -3.74. The molecule has 4 rings (SSSR count). The van der Waals surface area contributed by atoms with Crippen LogP contribution in [0.5, 0.6) is 0 Å². The van der Waals surface area contributed by atoms with Crippen LogP contribution >= 0.6 is 0 Å². The number of nitrogens with zero attached hydrogens (tertiary/aromatic N) is 1. The lowest BCUT2D eigenvalue weighted by atomic mass is 10.0. The van der Waals surface area contributed by atoms with E-state index in [2.05, 4.69) is 5.32 Å². The van der Waals surface area contributed by atoms with Gasteiger partial charge in [0.2, 0.25) is 15.9 Å². The molecule has 1 heterocycles. The quantitative estimate of drug-likeness (QED) is 0.624. The second-order valence-corrected chi connectivity index (χ2v) is 9.46. The lowest BCUT2D eigenvalue weighted by Gasteiger charge is -2.23. The van der Waals surface area contributed by atoms with Gasteiger partial charge < -0.3 is 5.32 Å². The summed E-state index contributed by atoms with van der Waals surface area (Å²) in [5.74, 6) is -0.466. The number of sulfonamides is 1. The molecule has 0 unspecified atom stereocenters. The minimum absolute atomic E-state index is 0.107. The van der Waals surface area contributed by atoms with Gasteiger partial charge in [0.15, 0.2) is 0 Å². The molecule has 0 aromatic heterocycles. The van der Waals surface area contributed by atoms with Gasteiger partial charge in [-0.05, 0) is 48.2 Å². The Balaban J connectivity index is 1.65. The Morgan fingerprint density at radius 1 is 0.900 bits per heavy atom. The van der Waals surface area contributed by atoms with Crippen LogP contribution in [0.25, 0.3) is 0 Å². The summed E-state index contributed by atoms with van der Waals surface area (Å²) >= 11 is 0. The lowest BCUT2D eigenvalue weighted by molar-refractivity contribution is -0.116. The summed E-state index contributed by atoms with van der Waals surface area (Å²) in [6.07, 6.45) is 0.619. The fourth-order valence-corrected chi connectivity index (χ4v) is 5.14. The van der Waals surface area contributed by atoms with Crippen molar-refractivity contribution in [3.05, 3.63) is 95.6 Å². The van der Waals surface area contributed by atoms with E-state index in [-0.39, 0.29) is 16.7 Å². The van der Waals surface area contributed by atoms with Gasteiger partial charge >= 0.3 is 0 Å². The summed E-state index contributed by atoms with van der Waals surface area (Å²) in [5.41, 5.74) is 3.43. The molecule has 0 aliphatic carbocycles. The van der Waals surface area contributed by atoms with E-state index in [0.717, 1.165) is 16.7 Å². The number of nitrogens with one attached hydrogen (secondary N) is 1. The number of fused-ring (bicyclic) bond motifs is 1. The topological polar surface area (TPSA) is 66.5 Å². The highest BCUT2D eigenvalue weighted by atomic mass is 32.2. The third-order valence-corrected chi connectivity index (χ3v) is 7.31. The van der Waals surface area contributed by atoms with E-state index in [1.165, 1.54) is 4.31 Å². The third kappa shape index (κ3) is 4.15. The molecule has 0 radical (unpaired) electrons. The molecule has 1 aliphatic rings. The molecule has 0 bridgehead atoms. The second-order valence-electron chi connectivity index (χ2n) is 7.52. The minimum atomic E-state index is -3.74. The first kappa shape index (κ1) is 20.3. The zero-order valence-corrected chi connectivity index (χ0v) is 17.6. The van der Waals surface area contributed by atoms with Gasteiger partial charge in [0.1, 0.15) is 0 Å². The molecule has 30 heavy (non-hydrogen) atoms. The lowest BCUT2D eigenvalue weighted by Crippen LogP contribution is -2.32. The number of anilines is 1. The van der Waals surface area contributed by atoms with Crippen LogP contribution in [0.2, 0.25) is 0 Å². The van der Waals surface area contributed by atoms with Gasteiger partial charge in [-0.15, -0.1) is 0 Å². The largest absolute Gasteiger partial charge is 0.325 e. The van der Waals surface area contributed by atoms with Crippen LogP contribution in [0, 0.1) is 0 Å². The van der Waals surface area contributed by atoms with Crippen LogP contribution in [-0.2, 0) is 27.8 Å². The van der Waals surface area contributed by atoms with Gasteiger partial charge in [0.25, 0.3) is 0 Å². The number of carbonyl (C=O) groups is 1. The molecule has 1 amide bonds. The smallest absolute Gasteiger partial charge is 0.243 e. The van der Waals surface area contributed by atoms with Crippen molar-refractivity contribution < 1.29 is 13.2 Å². The molecule has 1 atom stereocenters. The standard InChI is InChI=1S/C24H24N2O3S/c1-18-22-16-21(12-13-23(22)25-24(18)27)30(28,29)26(17-20-10-6-3-7-11-20)15-14-19-8-4-2-5-9-19/h2-13,16,18H,14-15,17H2,1H3,(H,25,27)/t18-/m1/s1. The zero-order valence-electron chi connectivity index (χ0n) is 16.8. The van der Waals surface area contributed by atoms with Crippen molar-refractivity contribution in [2.24, 2.45) is 0 Å². The van der Waals surface area contributed by atoms with E-state index in [0.29, 0.717) is 25.2 Å². The first-order chi connectivity index (χ1) is 14.4. The first-order valence-corrected chi connectivity index (χ1v) is 11.4. The van der Waals surface area contributed by atoms with Crippen molar-refractivity contribution in [3.63, 3.8) is 0 Å². The highest BCUT2D eigenvalue weighted by Gasteiger charge is 2.30. The SMILES string of the molecule is C[C@H]1C(=O)Nc2ccc(S(=O)(=O)N(CCc3ccccc3)Cc3ccccc3)cc21. The number of amides is 1. The zero-order chi connectivity index (χ0) is 21.1. The molecular formula is C24H24N2O3S. The number of hydrogen-bond donors (Lipinski definition) is 1. The van der Waals surface area contributed by atoms with Crippen molar-refractivity contribution in [1.29, 1.82) is 0 Å². The Morgan fingerprint density at radius 2 is 1.53 bits per heavy atom. The highest BCUT2D eigenvalue weighted by molar-refractivity contribution is 7.89. The number of hydrogen-bond acceptors (Lipinski definition) is 3. The fourth-order valence-electron chi connectivity index (χ4n) is 3.67. The van der Waals surface area contributed by atoms with E-state index in [4.69, 9.17) is 0 Å². The van der Waals surface area contributed by atoms with E-state index < -0.39 is 10.0 Å². The maximum atomic E-state index is 13.6.